The Morgan fingerprint density at radius 2 is 2.16 bits per heavy atom. The van der Waals surface area contributed by atoms with E-state index in [0.29, 0.717) is 23.6 Å². The van der Waals surface area contributed by atoms with Gasteiger partial charge in [-0.2, -0.15) is 15.5 Å². The average molecular weight is 250 g/mol. The van der Waals surface area contributed by atoms with Crippen LogP contribution >= 0.6 is 0 Å². The van der Waals surface area contributed by atoms with E-state index >= 15 is 0 Å². The Morgan fingerprint density at radius 1 is 1.26 bits per heavy atom. The maximum absolute atomic E-state index is 9.06. The number of para-hydroxylation sites is 1. The van der Waals surface area contributed by atoms with Gasteiger partial charge in [0, 0.05) is 6.20 Å². The summed E-state index contributed by atoms with van der Waals surface area (Å²) in [6.07, 6.45) is 1.62. The molecule has 0 aliphatic carbocycles. The highest BCUT2D eigenvalue weighted by Crippen LogP contribution is 2.21. The molecular weight excluding hydrogens is 240 g/mol. The molecule has 0 fully saturated rings. The largest absolute Gasteiger partial charge is 0.369 e. The fraction of sp³-hybridized carbons (Fsp3) is 0.0769. The molecule has 2 heterocycles. The van der Waals surface area contributed by atoms with Crippen molar-refractivity contribution in [3.8, 4) is 6.07 Å². The smallest absolute Gasteiger partial charge is 0.201 e. The average Bonchev–Trinajstić information content (AvgIpc) is 2.76. The summed E-state index contributed by atoms with van der Waals surface area (Å²) in [7, 11) is 0. The summed E-state index contributed by atoms with van der Waals surface area (Å²) in [5.41, 5.74) is 8.66. The van der Waals surface area contributed by atoms with E-state index in [1.54, 1.807) is 12.3 Å². The normalized spacial score (nSPS) is 10.5. The monoisotopic (exact) mass is 250 g/mol. The Kier molecular flexibility index (Phi) is 2.58. The van der Waals surface area contributed by atoms with Gasteiger partial charge in [0.15, 0.2) is 0 Å². The van der Waals surface area contributed by atoms with Crippen molar-refractivity contribution >= 4 is 17.0 Å². The number of imidazole rings is 1. The van der Waals surface area contributed by atoms with E-state index in [2.05, 4.69) is 21.3 Å². The molecule has 0 radical (unpaired) electrons. The van der Waals surface area contributed by atoms with Crippen molar-refractivity contribution < 1.29 is 0 Å². The summed E-state index contributed by atoms with van der Waals surface area (Å²) in [6, 6.07) is 11.2. The van der Waals surface area contributed by atoms with Crippen LogP contribution in [-0.4, -0.2) is 19.7 Å². The molecule has 3 rings (SSSR count). The van der Waals surface area contributed by atoms with Gasteiger partial charge in [-0.25, -0.2) is 4.98 Å². The lowest BCUT2D eigenvalue weighted by molar-refractivity contribution is 0.782. The quantitative estimate of drug-likeness (QED) is 0.740. The number of nitriles is 1. The second-order valence-corrected chi connectivity index (χ2v) is 4.06. The standard InChI is InChI=1S/C13H10N6/c14-7-9-3-1-5-11-12(9)17-13(15)19(11)8-10-4-2-6-16-18-10/h1-6H,8H2,(H2,15,17). The van der Waals surface area contributed by atoms with Crippen LogP contribution in [-0.2, 0) is 6.54 Å². The molecule has 0 saturated carbocycles. The molecule has 0 spiro atoms. The van der Waals surface area contributed by atoms with Gasteiger partial charge in [0.1, 0.15) is 11.6 Å². The van der Waals surface area contributed by atoms with Crippen LogP contribution in [0.2, 0.25) is 0 Å². The van der Waals surface area contributed by atoms with Crippen LogP contribution < -0.4 is 5.73 Å². The van der Waals surface area contributed by atoms with Crippen molar-refractivity contribution in [3.63, 3.8) is 0 Å². The van der Waals surface area contributed by atoms with Gasteiger partial charge < -0.3 is 10.3 Å². The van der Waals surface area contributed by atoms with Crippen molar-refractivity contribution in [2.75, 3.05) is 5.73 Å². The molecule has 0 aliphatic heterocycles. The number of aromatic nitrogens is 4. The second kappa shape index (κ2) is 4.38. The van der Waals surface area contributed by atoms with Crippen LogP contribution in [0.15, 0.2) is 36.5 Å². The first-order valence-corrected chi connectivity index (χ1v) is 5.71. The lowest BCUT2D eigenvalue weighted by atomic mass is 10.2. The van der Waals surface area contributed by atoms with Crippen molar-refractivity contribution in [1.82, 2.24) is 19.7 Å². The van der Waals surface area contributed by atoms with Crippen molar-refractivity contribution in [2.45, 2.75) is 6.54 Å². The van der Waals surface area contributed by atoms with E-state index in [1.807, 2.05) is 28.8 Å². The number of fused-ring (bicyclic) bond motifs is 1. The predicted molar refractivity (Wildman–Crippen MR) is 70.0 cm³/mol. The fourth-order valence-electron chi connectivity index (χ4n) is 2.00. The Balaban J connectivity index is 2.15. The van der Waals surface area contributed by atoms with Crippen LogP contribution in [0.5, 0.6) is 0 Å². The zero-order valence-corrected chi connectivity index (χ0v) is 9.98. The zero-order chi connectivity index (χ0) is 13.2. The number of anilines is 1. The molecule has 3 aromatic rings. The Bertz CT molecular complexity index is 769. The number of nitrogens with zero attached hydrogens (tertiary/aromatic N) is 5. The minimum Gasteiger partial charge on any atom is -0.369 e. The van der Waals surface area contributed by atoms with Gasteiger partial charge >= 0.3 is 0 Å². The van der Waals surface area contributed by atoms with Gasteiger partial charge in [-0.15, -0.1) is 0 Å². The topological polar surface area (TPSA) is 93.4 Å². The van der Waals surface area contributed by atoms with Crippen LogP contribution in [0.3, 0.4) is 0 Å². The summed E-state index contributed by atoms with van der Waals surface area (Å²) >= 11 is 0. The van der Waals surface area contributed by atoms with Gasteiger partial charge in [0.2, 0.25) is 5.95 Å². The van der Waals surface area contributed by atoms with Crippen LogP contribution in [0.4, 0.5) is 5.95 Å². The van der Waals surface area contributed by atoms with E-state index in [9.17, 15) is 0 Å². The molecule has 2 N–H and O–H groups in total. The molecule has 1 aromatic carbocycles. The van der Waals surface area contributed by atoms with Crippen molar-refractivity contribution in [1.29, 1.82) is 5.26 Å². The first kappa shape index (κ1) is 11.2. The highest BCUT2D eigenvalue weighted by atomic mass is 15.2. The van der Waals surface area contributed by atoms with Crippen LogP contribution in [0, 0.1) is 11.3 Å². The van der Waals surface area contributed by atoms with Gasteiger partial charge in [0.05, 0.1) is 23.3 Å². The Morgan fingerprint density at radius 3 is 2.89 bits per heavy atom. The molecule has 0 saturated heterocycles. The minimum atomic E-state index is 0.364. The summed E-state index contributed by atoms with van der Waals surface area (Å²) in [6.45, 7) is 0.477. The molecule has 92 valence electrons. The number of nitrogens with two attached hydrogens (primary N) is 1. The first-order valence-electron chi connectivity index (χ1n) is 5.71. The summed E-state index contributed by atoms with van der Waals surface area (Å²) < 4.78 is 1.82. The number of rotatable bonds is 2. The molecule has 6 heteroatoms. The molecule has 19 heavy (non-hydrogen) atoms. The van der Waals surface area contributed by atoms with Crippen LogP contribution in [0.1, 0.15) is 11.3 Å². The maximum Gasteiger partial charge on any atom is 0.201 e. The van der Waals surface area contributed by atoms with Gasteiger partial charge in [-0.05, 0) is 24.3 Å². The second-order valence-electron chi connectivity index (χ2n) is 4.06. The van der Waals surface area contributed by atoms with E-state index in [-0.39, 0.29) is 0 Å². The highest BCUT2D eigenvalue weighted by Gasteiger charge is 2.11. The van der Waals surface area contributed by atoms with E-state index in [4.69, 9.17) is 11.0 Å². The van der Waals surface area contributed by atoms with Gasteiger partial charge in [-0.3, -0.25) is 0 Å². The van der Waals surface area contributed by atoms with Gasteiger partial charge in [0.25, 0.3) is 0 Å². The molecule has 0 amide bonds. The number of hydrogen-bond acceptors (Lipinski definition) is 5. The minimum absolute atomic E-state index is 0.364. The number of benzene rings is 1. The molecule has 0 unspecified atom stereocenters. The molecule has 0 bridgehead atoms. The zero-order valence-electron chi connectivity index (χ0n) is 9.98. The van der Waals surface area contributed by atoms with E-state index in [1.165, 1.54) is 0 Å². The summed E-state index contributed by atoms with van der Waals surface area (Å²) in [5.74, 6) is 0.364. The Hall–Kier alpha value is -2.94. The SMILES string of the molecule is N#Cc1cccc2c1nc(N)n2Cc1cccnn1. The third-order valence-electron chi connectivity index (χ3n) is 2.88. The van der Waals surface area contributed by atoms with Crippen molar-refractivity contribution in [3.05, 3.63) is 47.8 Å². The maximum atomic E-state index is 9.06. The van der Waals surface area contributed by atoms with Crippen LogP contribution in [0.25, 0.3) is 11.0 Å². The number of hydrogen-bond donors (Lipinski definition) is 1. The van der Waals surface area contributed by atoms with E-state index < -0.39 is 0 Å². The fourth-order valence-corrected chi connectivity index (χ4v) is 2.00. The van der Waals surface area contributed by atoms with Gasteiger partial charge in [-0.1, -0.05) is 6.07 Å². The first-order chi connectivity index (χ1) is 9.29. The summed E-state index contributed by atoms with van der Waals surface area (Å²) in [5, 5.41) is 16.9. The lowest BCUT2D eigenvalue weighted by Gasteiger charge is -2.04. The highest BCUT2D eigenvalue weighted by molar-refractivity contribution is 5.84. The van der Waals surface area contributed by atoms with E-state index in [0.717, 1.165) is 11.2 Å². The van der Waals surface area contributed by atoms with Crippen molar-refractivity contribution in [2.24, 2.45) is 0 Å². The predicted octanol–water partition coefficient (Wildman–Crippen LogP) is 1.33. The molecule has 6 nitrogen and oxygen atoms in total. The molecular formula is C13H10N6. The molecule has 0 atom stereocenters. The Labute approximate surface area is 109 Å². The molecule has 0 aliphatic rings. The third-order valence-corrected chi connectivity index (χ3v) is 2.88. The molecule has 2 aromatic heterocycles. The lowest BCUT2D eigenvalue weighted by Crippen LogP contribution is -2.06. The number of nitrogen functional groups attached to an aromatic ring is 1. The summed E-state index contributed by atoms with van der Waals surface area (Å²) in [4.78, 5) is 4.25. The third kappa shape index (κ3) is 1.87.